The molecule has 0 bridgehead atoms. The SMILES string of the molecule is Cc1c2c(c(C(=O)Nc3ccc(F)c(Cl)c3)n1C)CCCC2. The first kappa shape index (κ1) is 15.1. The Balaban J connectivity index is 1.94. The number of nitrogens with one attached hydrogen (secondary N) is 1. The molecule has 0 aliphatic heterocycles. The standard InChI is InChI=1S/C17H18ClFN2O/c1-10-12-5-3-4-6-13(12)16(21(10)2)17(22)20-11-7-8-15(19)14(18)9-11/h7-9H,3-6H2,1-2H3,(H,20,22). The molecule has 0 atom stereocenters. The third kappa shape index (κ3) is 2.52. The number of halogens is 2. The van der Waals surface area contributed by atoms with E-state index in [0.717, 1.165) is 30.5 Å². The average molecular weight is 321 g/mol. The molecule has 1 aliphatic carbocycles. The maximum Gasteiger partial charge on any atom is 0.272 e. The quantitative estimate of drug-likeness (QED) is 0.881. The number of fused-ring (bicyclic) bond motifs is 1. The molecule has 1 aromatic heterocycles. The summed E-state index contributed by atoms with van der Waals surface area (Å²) >= 11 is 5.76. The first-order valence-corrected chi connectivity index (χ1v) is 7.80. The molecule has 1 amide bonds. The second kappa shape index (κ2) is 5.76. The van der Waals surface area contributed by atoms with E-state index in [-0.39, 0.29) is 10.9 Å². The minimum atomic E-state index is -0.494. The molecule has 0 saturated heterocycles. The minimum Gasteiger partial charge on any atom is -0.343 e. The summed E-state index contributed by atoms with van der Waals surface area (Å²) in [7, 11) is 1.92. The summed E-state index contributed by atoms with van der Waals surface area (Å²) < 4.78 is 15.2. The van der Waals surface area contributed by atoms with Crippen LogP contribution in [-0.4, -0.2) is 10.5 Å². The van der Waals surface area contributed by atoms with Crippen molar-refractivity contribution in [3.63, 3.8) is 0 Å². The van der Waals surface area contributed by atoms with Crippen LogP contribution in [0, 0.1) is 12.7 Å². The molecule has 0 spiro atoms. The Bertz CT molecular complexity index is 752. The van der Waals surface area contributed by atoms with Crippen molar-refractivity contribution in [3.8, 4) is 0 Å². The Labute approximate surface area is 134 Å². The van der Waals surface area contributed by atoms with Crippen LogP contribution in [0.3, 0.4) is 0 Å². The van der Waals surface area contributed by atoms with Gasteiger partial charge in [0.15, 0.2) is 0 Å². The van der Waals surface area contributed by atoms with E-state index in [4.69, 9.17) is 11.6 Å². The van der Waals surface area contributed by atoms with Gasteiger partial charge in [0.2, 0.25) is 0 Å². The van der Waals surface area contributed by atoms with E-state index >= 15 is 0 Å². The second-order valence-electron chi connectivity index (χ2n) is 5.74. The van der Waals surface area contributed by atoms with Crippen molar-refractivity contribution in [1.29, 1.82) is 0 Å². The van der Waals surface area contributed by atoms with Crippen LogP contribution in [0.4, 0.5) is 10.1 Å². The smallest absolute Gasteiger partial charge is 0.272 e. The van der Waals surface area contributed by atoms with Gasteiger partial charge < -0.3 is 9.88 Å². The number of rotatable bonds is 2. The van der Waals surface area contributed by atoms with Crippen LogP contribution in [0.5, 0.6) is 0 Å². The highest BCUT2D eigenvalue weighted by Gasteiger charge is 2.25. The average Bonchev–Trinajstić information content (AvgIpc) is 2.75. The lowest BCUT2D eigenvalue weighted by Gasteiger charge is -2.13. The summed E-state index contributed by atoms with van der Waals surface area (Å²) in [6, 6.07) is 4.20. The third-order valence-electron chi connectivity index (χ3n) is 4.42. The summed E-state index contributed by atoms with van der Waals surface area (Å²) in [6.45, 7) is 2.05. The molecule has 116 valence electrons. The molecule has 0 unspecified atom stereocenters. The number of anilines is 1. The van der Waals surface area contributed by atoms with Crippen molar-refractivity contribution in [3.05, 3.63) is 51.6 Å². The predicted molar refractivity (Wildman–Crippen MR) is 86.2 cm³/mol. The minimum absolute atomic E-state index is 0.00268. The van der Waals surface area contributed by atoms with Gasteiger partial charge in [-0.3, -0.25) is 4.79 Å². The van der Waals surface area contributed by atoms with E-state index < -0.39 is 5.82 Å². The molecule has 2 aromatic rings. The Morgan fingerprint density at radius 2 is 1.95 bits per heavy atom. The van der Waals surface area contributed by atoms with E-state index in [0.29, 0.717) is 11.4 Å². The monoisotopic (exact) mass is 320 g/mol. The van der Waals surface area contributed by atoms with E-state index in [1.54, 1.807) is 0 Å². The molecule has 3 rings (SSSR count). The Morgan fingerprint density at radius 3 is 2.64 bits per heavy atom. The number of benzene rings is 1. The van der Waals surface area contributed by atoms with Crippen molar-refractivity contribution in [2.75, 3.05) is 5.32 Å². The van der Waals surface area contributed by atoms with E-state index in [1.807, 2.05) is 11.6 Å². The van der Waals surface area contributed by atoms with Crippen LogP contribution in [0.2, 0.25) is 5.02 Å². The first-order chi connectivity index (χ1) is 10.5. The van der Waals surface area contributed by atoms with Crippen LogP contribution >= 0.6 is 11.6 Å². The number of carbonyl (C=O) groups excluding carboxylic acids is 1. The zero-order valence-electron chi connectivity index (χ0n) is 12.7. The number of aromatic nitrogens is 1. The summed E-state index contributed by atoms with van der Waals surface area (Å²) in [5, 5.41) is 2.82. The maximum atomic E-state index is 13.2. The van der Waals surface area contributed by atoms with Gasteiger partial charge >= 0.3 is 0 Å². The van der Waals surface area contributed by atoms with Gasteiger partial charge in [-0.25, -0.2) is 4.39 Å². The Hall–Kier alpha value is -1.81. The van der Waals surface area contributed by atoms with Crippen molar-refractivity contribution >= 4 is 23.2 Å². The van der Waals surface area contributed by atoms with E-state index in [1.165, 1.54) is 30.2 Å². The predicted octanol–water partition coefficient (Wildman–Crippen LogP) is 4.26. The highest BCUT2D eigenvalue weighted by Crippen LogP contribution is 2.30. The molecule has 3 nitrogen and oxygen atoms in total. The summed E-state index contributed by atoms with van der Waals surface area (Å²) in [5.74, 6) is -0.664. The molecule has 0 fully saturated rings. The van der Waals surface area contributed by atoms with Crippen molar-refractivity contribution < 1.29 is 9.18 Å². The Morgan fingerprint density at radius 1 is 1.27 bits per heavy atom. The van der Waals surface area contributed by atoms with Crippen LogP contribution in [0.15, 0.2) is 18.2 Å². The highest BCUT2D eigenvalue weighted by molar-refractivity contribution is 6.31. The van der Waals surface area contributed by atoms with Gasteiger partial charge in [-0.05, 0) is 61.9 Å². The molecule has 1 aliphatic rings. The van der Waals surface area contributed by atoms with Gasteiger partial charge in [0.05, 0.1) is 5.02 Å². The zero-order valence-corrected chi connectivity index (χ0v) is 13.4. The number of amides is 1. The van der Waals surface area contributed by atoms with Crippen molar-refractivity contribution in [2.24, 2.45) is 7.05 Å². The van der Waals surface area contributed by atoms with Gasteiger partial charge in [-0.15, -0.1) is 0 Å². The molecule has 22 heavy (non-hydrogen) atoms. The van der Waals surface area contributed by atoms with Crippen LogP contribution in [0.25, 0.3) is 0 Å². The number of hydrogen-bond donors (Lipinski definition) is 1. The van der Waals surface area contributed by atoms with Gasteiger partial charge in [0, 0.05) is 18.4 Å². The third-order valence-corrected chi connectivity index (χ3v) is 4.71. The van der Waals surface area contributed by atoms with Gasteiger partial charge in [-0.1, -0.05) is 11.6 Å². The summed E-state index contributed by atoms with van der Waals surface area (Å²) in [4.78, 5) is 12.6. The number of nitrogens with zero attached hydrogens (tertiary/aromatic N) is 1. The molecule has 1 N–H and O–H groups in total. The lowest BCUT2D eigenvalue weighted by atomic mass is 9.92. The van der Waals surface area contributed by atoms with Gasteiger partial charge in [-0.2, -0.15) is 0 Å². The lowest BCUT2D eigenvalue weighted by molar-refractivity contribution is 0.101. The summed E-state index contributed by atoms with van der Waals surface area (Å²) in [5.41, 5.74) is 4.80. The van der Waals surface area contributed by atoms with Gasteiger partial charge in [0.1, 0.15) is 11.5 Å². The Kier molecular flexibility index (Phi) is 3.96. The fourth-order valence-corrected chi connectivity index (χ4v) is 3.37. The first-order valence-electron chi connectivity index (χ1n) is 7.42. The normalized spacial score (nSPS) is 13.8. The number of hydrogen-bond acceptors (Lipinski definition) is 1. The van der Waals surface area contributed by atoms with Gasteiger partial charge in [0.25, 0.3) is 5.91 Å². The van der Waals surface area contributed by atoms with E-state index in [9.17, 15) is 9.18 Å². The molecule has 1 aromatic carbocycles. The number of carbonyl (C=O) groups is 1. The molecule has 0 radical (unpaired) electrons. The van der Waals surface area contributed by atoms with Crippen molar-refractivity contribution in [2.45, 2.75) is 32.6 Å². The molecule has 5 heteroatoms. The van der Waals surface area contributed by atoms with Crippen LogP contribution in [0.1, 0.15) is 40.2 Å². The zero-order chi connectivity index (χ0) is 15.9. The fraction of sp³-hybridized carbons (Fsp3) is 0.353. The fourth-order valence-electron chi connectivity index (χ4n) is 3.19. The molecule has 0 saturated carbocycles. The summed E-state index contributed by atoms with van der Waals surface area (Å²) in [6.07, 6.45) is 4.25. The molecular weight excluding hydrogens is 303 g/mol. The van der Waals surface area contributed by atoms with Crippen LogP contribution < -0.4 is 5.32 Å². The topological polar surface area (TPSA) is 34.0 Å². The second-order valence-corrected chi connectivity index (χ2v) is 6.15. The van der Waals surface area contributed by atoms with E-state index in [2.05, 4.69) is 12.2 Å². The molecular formula is C17H18ClFN2O. The maximum absolute atomic E-state index is 13.2. The van der Waals surface area contributed by atoms with Crippen molar-refractivity contribution in [1.82, 2.24) is 4.57 Å². The highest BCUT2D eigenvalue weighted by atomic mass is 35.5. The molecule has 1 heterocycles. The lowest BCUT2D eigenvalue weighted by Crippen LogP contribution is -2.18. The van der Waals surface area contributed by atoms with Crippen LogP contribution in [-0.2, 0) is 19.9 Å². The largest absolute Gasteiger partial charge is 0.343 e.